The first kappa shape index (κ1) is 9.00. The number of rotatable bonds is 1. The van der Waals surface area contributed by atoms with Crippen LogP contribution in [0.4, 0.5) is 0 Å². The molecule has 2 bridgehead atoms. The Bertz CT molecular complexity index is 217. The molecule has 3 nitrogen and oxygen atoms in total. The predicted octanol–water partition coefficient (Wildman–Crippen LogP) is 0.923. The van der Waals surface area contributed by atoms with Crippen molar-refractivity contribution in [3.63, 3.8) is 0 Å². The van der Waals surface area contributed by atoms with Crippen molar-refractivity contribution in [3.8, 4) is 0 Å². The Morgan fingerprint density at radius 3 is 2.85 bits per heavy atom. The van der Waals surface area contributed by atoms with E-state index in [-0.39, 0.29) is 17.9 Å². The summed E-state index contributed by atoms with van der Waals surface area (Å²) in [6.07, 6.45) is 4.50. The van der Waals surface area contributed by atoms with Gasteiger partial charge in [0.2, 0.25) is 0 Å². The first-order chi connectivity index (χ1) is 6.24. The third-order valence-electron chi connectivity index (χ3n) is 3.73. The van der Waals surface area contributed by atoms with Crippen LogP contribution in [0, 0.1) is 17.8 Å². The molecule has 74 valence electrons. The summed E-state index contributed by atoms with van der Waals surface area (Å²) in [5, 5.41) is 0. The smallest absolute Gasteiger partial charge is 0.309 e. The highest BCUT2D eigenvalue weighted by Gasteiger charge is 2.46. The molecule has 0 radical (unpaired) electrons. The number of hydrogen-bond acceptors (Lipinski definition) is 3. The van der Waals surface area contributed by atoms with Gasteiger partial charge in [-0.3, -0.25) is 4.79 Å². The summed E-state index contributed by atoms with van der Waals surface area (Å²) in [6, 6.07) is 0.248. The first-order valence-corrected chi connectivity index (χ1v) is 5.07. The van der Waals surface area contributed by atoms with Gasteiger partial charge < -0.3 is 10.5 Å². The largest absolute Gasteiger partial charge is 0.469 e. The third kappa shape index (κ3) is 1.35. The van der Waals surface area contributed by atoms with Crippen molar-refractivity contribution in [2.75, 3.05) is 7.11 Å². The van der Waals surface area contributed by atoms with Crippen LogP contribution in [-0.4, -0.2) is 19.1 Å². The average Bonchev–Trinajstić information content (AvgIpc) is 2.39. The van der Waals surface area contributed by atoms with Crippen LogP contribution >= 0.6 is 0 Å². The molecule has 0 aliphatic heterocycles. The molecule has 4 unspecified atom stereocenters. The van der Waals surface area contributed by atoms with E-state index in [4.69, 9.17) is 10.5 Å². The lowest BCUT2D eigenvalue weighted by Gasteiger charge is -2.27. The third-order valence-corrected chi connectivity index (χ3v) is 3.73. The lowest BCUT2D eigenvalue weighted by molar-refractivity contribution is -0.146. The van der Waals surface area contributed by atoms with E-state index in [2.05, 4.69) is 0 Å². The second-order valence-corrected chi connectivity index (χ2v) is 4.30. The number of methoxy groups -OCH3 is 1. The zero-order valence-electron chi connectivity index (χ0n) is 8.03. The lowest BCUT2D eigenvalue weighted by atomic mass is 9.83. The average molecular weight is 183 g/mol. The van der Waals surface area contributed by atoms with E-state index in [1.54, 1.807) is 0 Å². The molecule has 2 aliphatic carbocycles. The van der Waals surface area contributed by atoms with Gasteiger partial charge in [-0.15, -0.1) is 0 Å². The fourth-order valence-electron chi connectivity index (χ4n) is 3.02. The number of fused-ring (bicyclic) bond motifs is 2. The highest BCUT2D eigenvalue weighted by molar-refractivity contribution is 5.73. The minimum absolute atomic E-state index is 0.0511. The molecule has 2 N–H and O–H groups in total. The first-order valence-electron chi connectivity index (χ1n) is 5.07. The zero-order chi connectivity index (χ0) is 9.42. The quantitative estimate of drug-likeness (QED) is 0.615. The Balaban J connectivity index is 2.11. The minimum Gasteiger partial charge on any atom is -0.469 e. The molecule has 0 spiro atoms. The van der Waals surface area contributed by atoms with Crippen LogP contribution in [0.3, 0.4) is 0 Å². The molecule has 2 saturated carbocycles. The number of nitrogens with two attached hydrogens (primary N) is 1. The van der Waals surface area contributed by atoms with E-state index < -0.39 is 0 Å². The number of carbonyl (C=O) groups excluding carboxylic acids is 1. The molecule has 3 heteroatoms. The van der Waals surface area contributed by atoms with E-state index in [0.717, 1.165) is 12.8 Å². The summed E-state index contributed by atoms with van der Waals surface area (Å²) >= 11 is 0. The summed E-state index contributed by atoms with van der Waals surface area (Å²) in [4.78, 5) is 11.4. The number of carbonyl (C=O) groups is 1. The molecular weight excluding hydrogens is 166 g/mol. The molecule has 0 aromatic rings. The molecule has 0 amide bonds. The summed E-state index contributed by atoms with van der Waals surface area (Å²) in [6.45, 7) is 0. The van der Waals surface area contributed by atoms with Crippen molar-refractivity contribution in [2.24, 2.45) is 23.5 Å². The Kier molecular flexibility index (Phi) is 2.28. The second kappa shape index (κ2) is 3.29. The van der Waals surface area contributed by atoms with Crippen molar-refractivity contribution in [2.45, 2.75) is 31.7 Å². The highest BCUT2D eigenvalue weighted by atomic mass is 16.5. The van der Waals surface area contributed by atoms with Gasteiger partial charge in [0.05, 0.1) is 13.0 Å². The minimum atomic E-state index is -0.0511. The molecule has 13 heavy (non-hydrogen) atoms. The molecule has 0 aromatic carbocycles. The van der Waals surface area contributed by atoms with Crippen molar-refractivity contribution in [3.05, 3.63) is 0 Å². The van der Waals surface area contributed by atoms with Gasteiger partial charge in [-0.25, -0.2) is 0 Å². The van der Waals surface area contributed by atoms with Crippen molar-refractivity contribution in [1.29, 1.82) is 0 Å². The van der Waals surface area contributed by atoms with Gasteiger partial charge in [-0.05, 0) is 31.1 Å². The summed E-state index contributed by atoms with van der Waals surface area (Å²) < 4.78 is 4.80. The SMILES string of the molecule is COC(=O)C1CC2CCCC1C2N. The van der Waals surface area contributed by atoms with Crippen LogP contribution in [0.15, 0.2) is 0 Å². The van der Waals surface area contributed by atoms with E-state index in [9.17, 15) is 4.79 Å². The number of hydrogen-bond donors (Lipinski definition) is 1. The number of ether oxygens (including phenoxy) is 1. The topological polar surface area (TPSA) is 52.3 Å². The fourth-order valence-corrected chi connectivity index (χ4v) is 3.02. The van der Waals surface area contributed by atoms with Gasteiger partial charge in [-0.1, -0.05) is 6.42 Å². The van der Waals surface area contributed by atoms with Gasteiger partial charge in [0, 0.05) is 6.04 Å². The van der Waals surface area contributed by atoms with Crippen molar-refractivity contribution in [1.82, 2.24) is 0 Å². The van der Waals surface area contributed by atoms with Gasteiger partial charge in [0.25, 0.3) is 0 Å². The van der Waals surface area contributed by atoms with Crippen molar-refractivity contribution < 1.29 is 9.53 Å². The molecule has 2 aliphatic rings. The highest BCUT2D eigenvalue weighted by Crippen LogP contribution is 2.45. The van der Waals surface area contributed by atoms with Gasteiger partial charge >= 0.3 is 5.97 Å². The molecule has 2 fully saturated rings. The van der Waals surface area contributed by atoms with Crippen LogP contribution in [0.25, 0.3) is 0 Å². The van der Waals surface area contributed by atoms with Crippen molar-refractivity contribution >= 4 is 5.97 Å². The molecular formula is C10H17NO2. The predicted molar refractivity (Wildman–Crippen MR) is 48.9 cm³/mol. The van der Waals surface area contributed by atoms with Crippen LogP contribution < -0.4 is 5.73 Å². The van der Waals surface area contributed by atoms with E-state index in [1.807, 2.05) is 0 Å². The van der Waals surface area contributed by atoms with Crippen LogP contribution in [0.1, 0.15) is 25.7 Å². The van der Waals surface area contributed by atoms with Gasteiger partial charge in [0.15, 0.2) is 0 Å². The normalized spacial score (nSPS) is 43.2. The maximum atomic E-state index is 11.4. The Hall–Kier alpha value is -0.570. The van der Waals surface area contributed by atoms with Crippen LogP contribution in [0.2, 0.25) is 0 Å². The zero-order valence-corrected chi connectivity index (χ0v) is 8.03. The van der Waals surface area contributed by atoms with Crippen LogP contribution in [0.5, 0.6) is 0 Å². The molecule has 4 atom stereocenters. The molecule has 0 heterocycles. The Morgan fingerprint density at radius 1 is 1.46 bits per heavy atom. The number of esters is 1. The Morgan fingerprint density at radius 2 is 2.23 bits per heavy atom. The van der Waals surface area contributed by atoms with Gasteiger partial charge in [0.1, 0.15) is 0 Å². The summed E-state index contributed by atoms with van der Waals surface area (Å²) in [5.41, 5.74) is 6.06. The Labute approximate surface area is 78.6 Å². The molecule has 0 aromatic heterocycles. The van der Waals surface area contributed by atoms with E-state index in [0.29, 0.717) is 11.8 Å². The molecule has 0 saturated heterocycles. The van der Waals surface area contributed by atoms with Gasteiger partial charge in [-0.2, -0.15) is 0 Å². The molecule has 2 rings (SSSR count). The summed E-state index contributed by atoms with van der Waals surface area (Å²) in [5.74, 6) is 1.01. The maximum absolute atomic E-state index is 11.4. The monoisotopic (exact) mass is 183 g/mol. The van der Waals surface area contributed by atoms with Crippen LogP contribution in [-0.2, 0) is 9.53 Å². The maximum Gasteiger partial charge on any atom is 0.309 e. The van der Waals surface area contributed by atoms with E-state index in [1.165, 1.54) is 20.0 Å². The summed E-state index contributed by atoms with van der Waals surface area (Å²) in [7, 11) is 1.47. The standard InChI is InChI=1S/C10H17NO2/c1-13-10(12)8-5-6-3-2-4-7(8)9(6)11/h6-9H,2-5,11H2,1H3. The second-order valence-electron chi connectivity index (χ2n) is 4.30. The van der Waals surface area contributed by atoms with E-state index >= 15 is 0 Å². The fraction of sp³-hybridized carbons (Fsp3) is 0.900. The lowest BCUT2D eigenvalue weighted by Crippen LogP contribution is -2.36.